The van der Waals surface area contributed by atoms with Crippen LogP contribution in [0, 0.1) is 5.41 Å². The van der Waals surface area contributed by atoms with Crippen LogP contribution in [0.5, 0.6) is 0 Å². The van der Waals surface area contributed by atoms with Gasteiger partial charge in [0.2, 0.25) is 11.8 Å². The highest BCUT2D eigenvalue weighted by Crippen LogP contribution is 2.40. The van der Waals surface area contributed by atoms with E-state index in [0.29, 0.717) is 25.6 Å². The zero-order valence-corrected chi connectivity index (χ0v) is 16.3. The lowest BCUT2D eigenvalue weighted by Crippen LogP contribution is -2.50. The van der Waals surface area contributed by atoms with Gasteiger partial charge in [0.15, 0.2) is 0 Å². The van der Waals surface area contributed by atoms with E-state index in [1.54, 1.807) is 7.05 Å². The molecule has 0 saturated carbocycles. The van der Waals surface area contributed by atoms with Crippen LogP contribution in [0.25, 0.3) is 0 Å². The maximum atomic E-state index is 13.2. The molecule has 1 N–H and O–H groups in total. The van der Waals surface area contributed by atoms with Gasteiger partial charge in [-0.25, -0.2) is 0 Å². The Balaban J connectivity index is 1.65. The molecule has 5 nitrogen and oxygen atoms in total. The van der Waals surface area contributed by atoms with Gasteiger partial charge in [-0.1, -0.05) is 38.1 Å². The number of carbonyl (C=O) groups excluding carboxylic acids is 2. The van der Waals surface area contributed by atoms with Crippen LogP contribution < -0.4 is 5.32 Å². The Kier molecular flexibility index (Phi) is 5.66. The van der Waals surface area contributed by atoms with Crippen molar-refractivity contribution in [2.45, 2.75) is 45.6 Å². The molecule has 0 radical (unpaired) electrons. The van der Waals surface area contributed by atoms with Crippen molar-refractivity contribution in [1.29, 1.82) is 0 Å². The van der Waals surface area contributed by atoms with Gasteiger partial charge in [-0.15, -0.1) is 0 Å². The van der Waals surface area contributed by atoms with E-state index in [2.05, 4.69) is 48.3 Å². The maximum absolute atomic E-state index is 13.2. The molecule has 0 aromatic heterocycles. The first-order valence-corrected chi connectivity index (χ1v) is 9.75. The van der Waals surface area contributed by atoms with Crippen molar-refractivity contribution in [3.63, 3.8) is 0 Å². The molecule has 0 unspecified atom stereocenters. The number of benzene rings is 1. The fourth-order valence-corrected chi connectivity index (χ4v) is 4.29. The molecule has 1 aromatic rings. The van der Waals surface area contributed by atoms with Crippen molar-refractivity contribution in [1.82, 2.24) is 15.1 Å². The van der Waals surface area contributed by atoms with Gasteiger partial charge >= 0.3 is 0 Å². The number of likely N-dealkylation sites (tertiary alicyclic amines) is 2. The standard InChI is InChI=1S/C21H31N3O2/c1-16(2)18-7-5-17(6-8-18)13-24-11-4-9-21(20(24)26)10-12-23(15-21)14-19(25)22-3/h5-8,16H,4,9-15H2,1-3H3,(H,22,25)/t21-/m1/s1. The molecular formula is C21H31N3O2. The number of piperidine rings is 1. The van der Waals surface area contributed by atoms with Crippen LogP contribution in [0.3, 0.4) is 0 Å². The van der Waals surface area contributed by atoms with Crippen LogP contribution in [0.4, 0.5) is 0 Å². The Morgan fingerprint density at radius 3 is 2.58 bits per heavy atom. The first-order valence-electron chi connectivity index (χ1n) is 9.75. The van der Waals surface area contributed by atoms with Crippen molar-refractivity contribution in [2.75, 3.05) is 33.2 Å². The molecule has 5 heteroatoms. The highest BCUT2D eigenvalue weighted by atomic mass is 16.2. The Morgan fingerprint density at radius 2 is 1.92 bits per heavy atom. The van der Waals surface area contributed by atoms with E-state index in [9.17, 15) is 9.59 Å². The molecule has 0 aliphatic carbocycles. The number of hydrogen-bond donors (Lipinski definition) is 1. The summed E-state index contributed by atoms with van der Waals surface area (Å²) < 4.78 is 0. The van der Waals surface area contributed by atoms with Gasteiger partial charge < -0.3 is 10.2 Å². The van der Waals surface area contributed by atoms with E-state index in [4.69, 9.17) is 0 Å². The number of likely N-dealkylation sites (N-methyl/N-ethyl adjacent to an activating group) is 1. The molecule has 1 aromatic carbocycles. The summed E-state index contributed by atoms with van der Waals surface area (Å²) >= 11 is 0. The highest BCUT2D eigenvalue weighted by Gasteiger charge is 2.48. The second-order valence-corrected chi connectivity index (χ2v) is 8.14. The third kappa shape index (κ3) is 3.93. The molecule has 0 bridgehead atoms. The lowest BCUT2D eigenvalue weighted by molar-refractivity contribution is -0.146. The van der Waals surface area contributed by atoms with Crippen LogP contribution in [-0.2, 0) is 16.1 Å². The summed E-state index contributed by atoms with van der Waals surface area (Å²) in [6.07, 6.45) is 2.86. The minimum absolute atomic E-state index is 0.0207. The van der Waals surface area contributed by atoms with Gasteiger partial charge in [0.1, 0.15) is 0 Å². The van der Waals surface area contributed by atoms with Gasteiger partial charge in [0.25, 0.3) is 0 Å². The number of hydrogen-bond acceptors (Lipinski definition) is 3. The van der Waals surface area contributed by atoms with Gasteiger partial charge in [-0.3, -0.25) is 14.5 Å². The van der Waals surface area contributed by atoms with Crippen molar-refractivity contribution in [2.24, 2.45) is 5.41 Å². The number of nitrogens with one attached hydrogen (secondary N) is 1. The second-order valence-electron chi connectivity index (χ2n) is 8.14. The smallest absolute Gasteiger partial charge is 0.233 e. The Labute approximate surface area is 156 Å². The molecule has 2 saturated heterocycles. The molecule has 1 atom stereocenters. The second kappa shape index (κ2) is 7.78. The summed E-state index contributed by atoms with van der Waals surface area (Å²) in [6, 6.07) is 8.64. The topological polar surface area (TPSA) is 52.7 Å². The van der Waals surface area contributed by atoms with Crippen LogP contribution in [0.2, 0.25) is 0 Å². The molecule has 2 amide bonds. The molecule has 2 heterocycles. The largest absolute Gasteiger partial charge is 0.358 e. The monoisotopic (exact) mass is 357 g/mol. The Bertz CT molecular complexity index is 656. The molecule has 1 spiro atoms. The normalized spacial score (nSPS) is 23.8. The molecule has 3 rings (SSSR count). The van der Waals surface area contributed by atoms with Crippen LogP contribution in [0.15, 0.2) is 24.3 Å². The van der Waals surface area contributed by atoms with E-state index >= 15 is 0 Å². The Morgan fingerprint density at radius 1 is 1.19 bits per heavy atom. The number of amides is 2. The maximum Gasteiger partial charge on any atom is 0.233 e. The summed E-state index contributed by atoms with van der Waals surface area (Å²) in [5, 5.41) is 2.67. The van der Waals surface area contributed by atoms with Gasteiger partial charge in [0.05, 0.1) is 12.0 Å². The minimum Gasteiger partial charge on any atom is -0.358 e. The summed E-state index contributed by atoms with van der Waals surface area (Å²) in [7, 11) is 1.66. The number of carbonyl (C=O) groups is 2. The zero-order chi connectivity index (χ0) is 18.7. The quantitative estimate of drug-likeness (QED) is 0.880. The van der Waals surface area contributed by atoms with Crippen molar-refractivity contribution in [3.8, 4) is 0 Å². The van der Waals surface area contributed by atoms with Gasteiger partial charge in [-0.2, -0.15) is 0 Å². The Hall–Kier alpha value is -1.88. The van der Waals surface area contributed by atoms with Crippen LogP contribution >= 0.6 is 0 Å². The van der Waals surface area contributed by atoms with Gasteiger partial charge in [0, 0.05) is 26.7 Å². The number of nitrogens with zero attached hydrogens (tertiary/aromatic N) is 2. The van der Waals surface area contributed by atoms with E-state index in [-0.39, 0.29) is 17.2 Å². The van der Waals surface area contributed by atoms with Crippen LogP contribution in [0.1, 0.15) is 50.2 Å². The molecule has 2 aliphatic rings. The third-order valence-corrected chi connectivity index (χ3v) is 5.92. The van der Waals surface area contributed by atoms with Crippen LogP contribution in [-0.4, -0.2) is 54.8 Å². The SMILES string of the molecule is CNC(=O)CN1CC[C@]2(CCCN(Cc3ccc(C(C)C)cc3)C2=O)C1. The summed E-state index contributed by atoms with van der Waals surface area (Å²) in [5.74, 6) is 0.817. The van der Waals surface area contributed by atoms with E-state index in [1.165, 1.54) is 11.1 Å². The molecule has 2 fully saturated rings. The lowest BCUT2D eigenvalue weighted by atomic mass is 9.78. The summed E-state index contributed by atoms with van der Waals surface area (Å²) in [5.41, 5.74) is 2.24. The lowest BCUT2D eigenvalue weighted by Gasteiger charge is -2.39. The molecular weight excluding hydrogens is 326 g/mol. The third-order valence-electron chi connectivity index (χ3n) is 5.92. The predicted octanol–water partition coefficient (Wildman–Crippen LogP) is 2.37. The summed E-state index contributed by atoms with van der Waals surface area (Å²) in [4.78, 5) is 29.0. The molecule has 2 aliphatic heterocycles. The average molecular weight is 357 g/mol. The first kappa shape index (κ1) is 18.9. The average Bonchev–Trinajstić information content (AvgIpc) is 3.03. The van der Waals surface area contributed by atoms with Crippen molar-refractivity contribution in [3.05, 3.63) is 35.4 Å². The van der Waals surface area contributed by atoms with E-state index in [0.717, 1.165) is 32.4 Å². The van der Waals surface area contributed by atoms with E-state index < -0.39 is 0 Å². The first-order chi connectivity index (χ1) is 12.4. The fraction of sp³-hybridized carbons (Fsp3) is 0.619. The predicted molar refractivity (Wildman–Crippen MR) is 103 cm³/mol. The summed E-state index contributed by atoms with van der Waals surface area (Å²) in [6.45, 7) is 7.84. The zero-order valence-electron chi connectivity index (χ0n) is 16.3. The van der Waals surface area contributed by atoms with Crippen molar-refractivity contribution < 1.29 is 9.59 Å². The molecule has 142 valence electrons. The fourth-order valence-electron chi connectivity index (χ4n) is 4.29. The van der Waals surface area contributed by atoms with Gasteiger partial charge in [-0.05, 0) is 42.9 Å². The minimum atomic E-state index is -0.288. The van der Waals surface area contributed by atoms with Crippen molar-refractivity contribution >= 4 is 11.8 Å². The van der Waals surface area contributed by atoms with E-state index in [1.807, 2.05) is 4.90 Å². The molecule has 26 heavy (non-hydrogen) atoms. The highest BCUT2D eigenvalue weighted by molar-refractivity contribution is 5.84. The number of rotatable bonds is 5.